The van der Waals surface area contributed by atoms with Crippen LogP contribution in [0.15, 0.2) is 40.9 Å². The predicted octanol–water partition coefficient (Wildman–Crippen LogP) is 4.93. The minimum Gasteiger partial charge on any atom is -0.488 e. The van der Waals surface area contributed by atoms with Crippen LogP contribution in [0, 0.1) is 5.82 Å². The topological polar surface area (TPSA) is 21.3 Å². The van der Waals surface area contributed by atoms with E-state index >= 15 is 0 Å². The van der Waals surface area contributed by atoms with Crippen LogP contribution in [-0.2, 0) is 13.2 Å². The van der Waals surface area contributed by atoms with Gasteiger partial charge in [-0.3, -0.25) is 0 Å². The number of ether oxygens (including phenoxy) is 1. The van der Waals surface area contributed by atoms with Crippen molar-refractivity contribution in [1.29, 1.82) is 0 Å². The van der Waals surface area contributed by atoms with Crippen molar-refractivity contribution in [2.24, 2.45) is 0 Å². The summed E-state index contributed by atoms with van der Waals surface area (Å²) in [7, 11) is 0. The molecule has 0 bridgehead atoms. The Kier molecular flexibility index (Phi) is 6.03. The van der Waals surface area contributed by atoms with Gasteiger partial charge in [0.15, 0.2) is 0 Å². The summed E-state index contributed by atoms with van der Waals surface area (Å²) in [4.78, 5) is 0. The Morgan fingerprint density at radius 1 is 1.24 bits per heavy atom. The van der Waals surface area contributed by atoms with E-state index in [-0.39, 0.29) is 12.4 Å². The van der Waals surface area contributed by atoms with Crippen LogP contribution in [-0.4, -0.2) is 6.54 Å². The number of hydrogen-bond acceptors (Lipinski definition) is 2. The second kappa shape index (κ2) is 7.78. The Balaban J connectivity index is 2.04. The van der Waals surface area contributed by atoms with Crippen molar-refractivity contribution in [3.05, 3.63) is 62.8 Å². The van der Waals surface area contributed by atoms with Gasteiger partial charge in [0, 0.05) is 17.1 Å². The third-order valence-electron chi connectivity index (χ3n) is 2.97. The van der Waals surface area contributed by atoms with E-state index in [2.05, 4.69) is 28.2 Å². The van der Waals surface area contributed by atoms with Crippen molar-refractivity contribution < 1.29 is 9.13 Å². The van der Waals surface area contributed by atoms with E-state index in [4.69, 9.17) is 16.3 Å². The Morgan fingerprint density at radius 3 is 2.76 bits per heavy atom. The number of hydrogen-bond donors (Lipinski definition) is 1. The molecule has 2 aromatic carbocycles. The first-order valence-electron chi connectivity index (χ1n) is 6.66. The summed E-state index contributed by atoms with van der Waals surface area (Å²) in [6.07, 6.45) is 0. The highest BCUT2D eigenvalue weighted by atomic mass is 79.9. The van der Waals surface area contributed by atoms with Crippen LogP contribution in [0.3, 0.4) is 0 Å². The fourth-order valence-electron chi connectivity index (χ4n) is 1.85. The van der Waals surface area contributed by atoms with E-state index in [1.54, 1.807) is 6.07 Å². The second-order valence-electron chi connectivity index (χ2n) is 4.57. The molecule has 0 atom stereocenters. The van der Waals surface area contributed by atoms with E-state index in [1.807, 2.05) is 18.2 Å². The molecule has 0 heterocycles. The van der Waals surface area contributed by atoms with Crippen molar-refractivity contribution in [2.45, 2.75) is 20.1 Å². The summed E-state index contributed by atoms with van der Waals surface area (Å²) in [5.74, 6) is 0.355. The average Bonchev–Trinajstić information content (AvgIpc) is 2.47. The normalized spacial score (nSPS) is 10.7. The van der Waals surface area contributed by atoms with Gasteiger partial charge in [-0.2, -0.15) is 0 Å². The second-order valence-corrected chi connectivity index (χ2v) is 5.86. The molecule has 0 unspecified atom stereocenters. The van der Waals surface area contributed by atoms with Gasteiger partial charge >= 0.3 is 0 Å². The van der Waals surface area contributed by atoms with E-state index < -0.39 is 0 Å². The first-order chi connectivity index (χ1) is 10.1. The molecule has 1 N–H and O–H groups in total. The zero-order chi connectivity index (χ0) is 15.2. The fourth-order valence-corrected chi connectivity index (χ4v) is 2.59. The molecule has 2 aromatic rings. The summed E-state index contributed by atoms with van der Waals surface area (Å²) < 4.78 is 20.1. The number of rotatable bonds is 6. The molecule has 2 nitrogen and oxygen atoms in total. The maximum absolute atomic E-state index is 13.6. The van der Waals surface area contributed by atoms with Gasteiger partial charge in [-0.25, -0.2) is 4.39 Å². The molecule has 0 radical (unpaired) electrons. The highest BCUT2D eigenvalue weighted by molar-refractivity contribution is 9.10. The van der Waals surface area contributed by atoms with Crippen molar-refractivity contribution in [3.63, 3.8) is 0 Å². The van der Waals surface area contributed by atoms with Crippen LogP contribution in [0.25, 0.3) is 0 Å². The third-order valence-corrected chi connectivity index (χ3v) is 3.82. The van der Waals surface area contributed by atoms with Gasteiger partial charge in [0.25, 0.3) is 0 Å². The summed E-state index contributed by atoms with van der Waals surface area (Å²) in [6, 6.07) is 10.3. The molecule has 0 aliphatic heterocycles. The Hall–Kier alpha value is -1.10. The number of nitrogens with one attached hydrogen (secondary N) is 1. The molecule has 0 spiro atoms. The largest absolute Gasteiger partial charge is 0.488 e. The molecule has 0 aliphatic rings. The molecule has 0 saturated heterocycles. The summed E-state index contributed by atoms with van der Waals surface area (Å²) >= 11 is 9.33. The smallest absolute Gasteiger partial charge is 0.134 e. The van der Waals surface area contributed by atoms with Crippen molar-refractivity contribution in [2.75, 3.05) is 6.54 Å². The van der Waals surface area contributed by atoms with E-state index in [0.717, 1.165) is 23.1 Å². The Morgan fingerprint density at radius 2 is 2.05 bits per heavy atom. The zero-order valence-corrected chi connectivity index (χ0v) is 14.0. The molecule has 0 fully saturated rings. The standard InChI is InChI=1S/C16H16BrClFNO/c1-2-20-9-11-3-6-16(14(17)7-11)21-10-12-8-13(18)4-5-15(12)19/h3-8,20H,2,9-10H2,1H3. The van der Waals surface area contributed by atoms with E-state index in [9.17, 15) is 4.39 Å². The van der Waals surface area contributed by atoms with Gasteiger partial charge in [0.05, 0.1) is 4.47 Å². The van der Waals surface area contributed by atoms with E-state index in [0.29, 0.717) is 16.3 Å². The quantitative estimate of drug-likeness (QED) is 0.776. The highest BCUT2D eigenvalue weighted by Gasteiger charge is 2.07. The lowest BCUT2D eigenvalue weighted by Crippen LogP contribution is -2.11. The first-order valence-corrected chi connectivity index (χ1v) is 7.83. The highest BCUT2D eigenvalue weighted by Crippen LogP contribution is 2.27. The van der Waals surface area contributed by atoms with Crippen molar-refractivity contribution >= 4 is 27.5 Å². The SMILES string of the molecule is CCNCc1ccc(OCc2cc(Cl)ccc2F)c(Br)c1. The predicted molar refractivity (Wildman–Crippen MR) is 87.3 cm³/mol. The van der Waals surface area contributed by atoms with Gasteiger partial charge in [-0.15, -0.1) is 0 Å². The molecule has 0 saturated carbocycles. The first kappa shape index (κ1) is 16.3. The Labute approximate surface area is 137 Å². The summed E-state index contributed by atoms with van der Waals surface area (Å²) in [5, 5.41) is 3.75. The monoisotopic (exact) mass is 371 g/mol. The maximum atomic E-state index is 13.6. The summed E-state index contributed by atoms with van der Waals surface area (Å²) in [6.45, 7) is 3.92. The summed E-state index contributed by atoms with van der Waals surface area (Å²) in [5.41, 5.74) is 1.59. The molecule has 21 heavy (non-hydrogen) atoms. The van der Waals surface area contributed by atoms with Gasteiger partial charge in [-0.1, -0.05) is 24.6 Å². The van der Waals surface area contributed by atoms with Crippen molar-refractivity contribution in [1.82, 2.24) is 5.32 Å². The third kappa shape index (κ3) is 4.70. The van der Waals surface area contributed by atoms with Crippen LogP contribution in [0.5, 0.6) is 5.75 Å². The minimum absolute atomic E-state index is 0.136. The molecule has 0 amide bonds. The van der Waals surface area contributed by atoms with Crippen LogP contribution in [0.2, 0.25) is 5.02 Å². The number of halogens is 3. The van der Waals surface area contributed by atoms with Crippen molar-refractivity contribution in [3.8, 4) is 5.75 Å². The molecule has 5 heteroatoms. The van der Waals surface area contributed by atoms with Crippen LogP contribution in [0.4, 0.5) is 4.39 Å². The molecule has 0 aliphatic carbocycles. The lowest BCUT2D eigenvalue weighted by Gasteiger charge is -2.11. The van der Waals surface area contributed by atoms with E-state index in [1.165, 1.54) is 12.1 Å². The maximum Gasteiger partial charge on any atom is 0.134 e. The minimum atomic E-state index is -0.320. The molecule has 112 valence electrons. The van der Waals surface area contributed by atoms with Gasteiger partial charge in [0.1, 0.15) is 18.2 Å². The Bertz CT molecular complexity index is 621. The zero-order valence-electron chi connectivity index (χ0n) is 11.6. The fraction of sp³-hybridized carbons (Fsp3) is 0.250. The lowest BCUT2D eigenvalue weighted by molar-refractivity contribution is 0.298. The van der Waals surface area contributed by atoms with Crippen LogP contribution < -0.4 is 10.1 Å². The van der Waals surface area contributed by atoms with Gasteiger partial charge in [-0.05, 0) is 58.4 Å². The van der Waals surface area contributed by atoms with Crippen LogP contribution >= 0.6 is 27.5 Å². The van der Waals surface area contributed by atoms with Crippen LogP contribution in [0.1, 0.15) is 18.1 Å². The molecular formula is C16H16BrClFNO. The van der Waals surface area contributed by atoms with Gasteiger partial charge in [0.2, 0.25) is 0 Å². The molecular weight excluding hydrogens is 357 g/mol. The van der Waals surface area contributed by atoms with Gasteiger partial charge < -0.3 is 10.1 Å². The average molecular weight is 373 g/mol. The molecule has 2 rings (SSSR count). The lowest BCUT2D eigenvalue weighted by atomic mass is 10.2. The number of benzene rings is 2. The molecule has 0 aromatic heterocycles.